The van der Waals surface area contributed by atoms with Gasteiger partial charge in [0.25, 0.3) is 0 Å². The smallest absolute Gasteiger partial charge is 0.408 e. The van der Waals surface area contributed by atoms with E-state index in [1.807, 2.05) is 24.3 Å². The van der Waals surface area contributed by atoms with Crippen LogP contribution >= 0.6 is 0 Å². The molecule has 7 heteroatoms. The molecule has 2 aromatic rings. The van der Waals surface area contributed by atoms with Crippen molar-refractivity contribution in [3.05, 3.63) is 59.7 Å². The summed E-state index contributed by atoms with van der Waals surface area (Å²) in [6.07, 6.45) is 2.87. The van der Waals surface area contributed by atoms with Crippen molar-refractivity contribution in [2.24, 2.45) is 0 Å². The molecular weight excluding hydrogens is 420 g/mol. The summed E-state index contributed by atoms with van der Waals surface area (Å²) in [5.41, 5.74) is 3.62. The Balaban J connectivity index is 1.24. The highest BCUT2D eigenvalue weighted by Gasteiger charge is 2.54. The van der Waals surface area contributed by atoms with Gasteiger partial charge in [-0.1, -0.05) is 48.5 Å². The Morgan fingerprint density at radius 2 is 1.64 bits per heavy atom. The van der Waals surface area contributed by atoms with Gasteiger partial charge in [-0.05, 0) is 54.4 Å². The van der Waals surface area contributed by atoms with Gasteiger partial charge in [-0.25, -0.2) is 4.79 Å². The predicted octanol–water partition coefficient (Wildman–Crippen LogP) is 3.91. The van der Waals surface area contributed by atoms with E-state index in [0.717, 1.165) is 35.1 Å². The quantitative estimate of drug-likeness (QED) is 0.699. The van der Waals surface area contributed by atoms with E-state index in [0.29, 0.717) is 25.8 Å². The second kappa shape index (κ2) is 8.54. The van der Waals surface area contributed by atoms with Crippen LogP contribution < -0.4 is 5.32 Å². The fraction of sp³-hybridized carbons (Fsp3) is 0.423. The number of aliphatic carboxylic acids is 1. The normalized spacial score (nSPS) is 20.5. The number of alkyl carbamates (subject to hydrolysis) is 1. The van der Waals surface area contributed by atoms with Crippen LogP contribution in [0.2, 0.25) is 0 Å². The van der Waals surface area contributed by atoms with E-state index in [1.165, 1.54) is 0 Å². The molecule has 1 aliphatic heterocycles. The van der Waals surface area contributed by atoms with Crippen LogP contribution in [0.4, 0.5) is 4.79 Å². The predicted molar refractivity (Wildman–Crippen MR) is 122 cm³/mol. The Bertz CT molecular complexity index is 1050. The molecule has 2 amide bonds. The molecule has 1 heterocycles. The number of carboxylic acids is 1. The average molecular weight is 449 g/mol. The number of likely N-dealkylation sites (tertiary alicyclic amines) is 1. The minimum Gasteiger partial charge on any atom is -0.481 e. The third-order valence-corrected chi connectivity index (χ3v) is 7.14. The van der Waals surface area contributed by atoms with E-state index in [1.54, 1.807) is 4.90 Å². The summed E-state index contributed by atoms with van der Waals surface area (Å²) in [5, 5.41) is 12.0. The maximum Gasteiger partial charge on any atom is 0.408 e. The van der Waals surface area contributed by atoms with Crippen molar-refractivity contribution in [1.29, 1.82) is 0 Å². The Morgan fingerprint density at radius 3 is 2.24 bits per heavy atom. The summed E-state index contributed by atoms with van der Waals surface area (Å²) in [6, 6.07) is 16.0. The maximum absolute atomic E-state index is 13.3. The molecule has 2 fully saturated rings. The number of benzene rings is 2. The first-order valence-electron chi connectivity index (χ1n) is 11.6. The fourth-order valence-electron chi connectivity index (χ4n) is 5.30. The summed E-state index contributed by atoms with van der Waals surface area (Å²) in [4.78, 5) is 38.9. The lowest BCUT2D eigenvalue weighted by atomic mass is 9.98. The second-order valence-corrected chi connectivity index (χ2v) is 9.28. The van der Waals surface area contributed by atoms with Crippen molar-refractivity contribution in [3.63, 3.8) is 0 Å². The Morgan fingerprint density at radius 1 is 1.00 bits per heavy atom. The number of hydrogen-bond acceptors (Lipinski definition) is 4. The van der Waals surface area contributed by atoms with Gasteiger partial charge in [0.15, 0.2) is 0 Å². The number of fused-ring (bicyclic) bond motifs is 3. The number of carbonyl (C=O) groups is 3. The summed E-state index contributed by atoms with van der Waals surface area (Å²) in [6.45, 7) is 0.723. The van der Waals surface area contributed by atoms with Gasteiger partial charge >= 0.3 is 12.1 Å². The van der Waals surface area contributed by atoms with Crippen LogP contribution in [-0.2, 0) is 14.3 Å². The number of carboxylic acid groups (broad SMARTS) is 1. The Labute approximate surface area is 192 Å². The van der Waals surface area contributed by atoms with Crippen molar-refractivity contribution in [2.75, 3.05) is 13.2 Å². The largest absolute Gasteiger partial charge is 0.481 e. The summed E-state index contributed by atoms with van der Waals surface area (Å²) >= 11 is 0. The third kappa shape index (κ3) is 4.08. The number of carbonyl (C=O) groups excluding carboxylic acids is 2. The zero-order valence-corrected chi connectivity index (χ0v) is 18.5. The highest BCUT2D eigenvalue weighted by atomic mass is 16.5. The molecule has 0 radical (unpaired) electrons. The van der Waals surface area contributed by atoms with Gasteiger partial charge in [-0.2, -0.15) is 0 Å². The van der Waals surface area contributed by atoms with Gasteiger partial charge in [0, 0.05) is 18.5 Å². The highest BCUT2D eigenvalue weighted by molar-refractivity contribution is 5.93. The standard InChI is InChI=1S/C26H28N2O5/c29-23(30)15-17-7-5-6-14-28(17)24(31)26(12-13-26)27-25(32)33-16-22-20-10-3-1-8-18(20)19-9-2-4-11-21(19)22/h1-4,8-11,17,22H,5-7,12-16H2,(H,27,32)(H,29,30)/t17-/m1/s1. The molecule has 2 N–H and O–H groups in total. The minimum atomic E-state index is -0.962. The van der Waals surface area contributed by atoms with E-state index in [-0.39, 0.29) is 30.9 Å². The Kier molecular flexibility index (Phi) is 5.56. The van der Waals surface area contributed by atoms with Crippen molar-refractivity contribution >= 4 is 18.0 Å². The third-order valence-electron chi connectivity index (χ3n) is 7.14. The van der Waals surface area contributed by atoms with Gasteiger partial charge in [0.2, 0.25) is 5.91 Å². The molecule has 0 unspecified atom stereocenters. The van der Waals surface area contributed by atoms with Crippen LogP contribution in [0.3, 0.4) is 0 Å². The number of amides is 2. The Hall–Kier alpha value is -3.35. The SMILES string of the molecule is O=C(O)C[C@H]1CCCCN1C(=O)C1(NC(=O)OCC2c3ccccc3-c3ccccc32)CC1. The molecule has 0 bridgehead atoms. The molecule has 1 saturated heterocycles. The zero-order valence-electron chi connectivity index (χ0n) is 18.5. The molecule has 3 aliphatic rings. The molecular formula is C26H28N2O5. The lowest BCUT2D eigenvalue weighted by Gasteiger charge is -2.37. The lowest BCUT2D eigenvalue weighted by molar-refractivity contribution is -0.143. The zero-order chi connectivity index (χ0) is 23.0. The molecule has 2 aliphatic carbocycles. The van der Waals surface area contributed by atoms with Gasteiger partial charge in [-0.3, -0.25) is 9.59 Å². The number of nitrogens with zero attached hydrogens (tertiary/aromatic N) is 1. The molecule has 0 aromatic heterocycles. The maximum atomic E-state index is 13.3. The molecule has 0 spiro atoms. The first kappa shape index (κ1) is 21.5. The highest BCUT2D eigenvalue weighted by Crippen LogP contribution is 2.45. The van der Waals surface area contributed by atoms with Crippen molar-refractivity contribution < 1.29 is 24.2 Å². The molecule has 33 heavy (non-hydrogen) atoms. The molecule has 5 rings (SSSR count). The summed E-state index contributed by atoms with van der Waals surface area (Å²) in [7, 11) is 0. The molecule has 1 saturated carbocycles. The van der Waals surface area contributed by atoms with Gasteiger partial charge in [0.05, 0.1) is 6.42 Å². The minimum absolute atomic E-state index is 0.0453. The monoisotopic (exact) mass is 448 g/mol. The van der Waals surface area contributed by atoms with Gasteiger partial charge in [-0.15, -0.1) is 0 Å². The van der Waals surface area contributed by atoms with Crippen LogP contribution in [0.1, 0.15) is 55.6 Å². The molecule has 1 atom stereocenters. The summed E-state index contributed by atoms with van der Waals surface area (Å²) in [5.74, 6) is -1.13. The topological polar surface area (TPSA) is 95.9 Å². The van der Waals surface area contributed by atoms with Gasteiger partial charge < -0.3 is 20.1 Å². The van der Waals surface area contributed by atoms with E-state index < -0.39 is 17.6 Å². The van der Waals surface area contributed by atoms with E-state index in [4.69, 9.17) is 4.74 Å². The number of nitrogens with one attached hydrogen (secondary N) is 1. The summed E-state index contributed by atoms with van der Waals surface area (Å²) < 4.78 is 5.63. The molecule has 2 aromatic carbocycles. The van der Waals surface area contributed by atoms with E-state index in [9.17, 15) is 19.5 Å². The van der Waals surface area contributed by atoms with Crippen LogP contribution in [0.25, 0.3) is 11.1 Å². The van der Waals surface area contributed by atoms with Crippen molar-refractivity contribution in [1.82, 2.24) is 10.2 Å². The van der Waals surface area contributed by atoms with Crippen LogP contribution in [0.5, 0.6) is 0 Å². The molecule has 7 nitrogen and oxygen atoms in total. The first-order chi connectivity index (χ1) is 16.0. The first-order valence-corrected chi connectivity index (χ1v) is 11.6. The van der Waals surface area contributed by atoms with Crippen LogP contribution in [-0.4, -0.2) is 52.7 Å². The second-order valence-electron chi connectivity index (χ2n) is 9.28. The van der Waals surface area contributed by atoms with Crippen LogP contribution in [0, 0.1) is 0 Å². The number of rotatable bonds is 6. The number of ether oxygens (including phenoxy) is 1. The number of hydrogen-bond donors (Lipinski definition) is 2. The van der Waals surface area contributed by atoms with Crippen molar-refractivity contribution in [3.8, 4) is 11.1 Å². The van der Waals surface area contributed by atoms with Crippen molar-refractivity contribution in [2.45, 2.75) is 56.0 Å². The van der Waals surface area contributed by atoms with E-state index >= 15 is 0 Å². The van der Waals surface area contributed by atoms with E-state index in [2.05, 4.69) is 29.6 Å². The fourth-order valence-corrected chi connectivity index (χ4v) is 5.30. The lowest BCUT2D eigenvalue weighted by Crippen LogP contribution is -2.55. The number of piperidine rings is 1. The van der Waals surface area contributed by atoms with Crippen LogP contribution in [0.15, 0.2) is 48.5 Å². The van der Waals surface area contributed by atoms with Gasteiger partial charge in [0.1, 0.15) is 12.1 Å². The average Bonchev–Trinajstić information content (AvgIpc) is 3.52. The molecule has 172 valence electrons.